The second kappa shape index (κ2) is 5.63. The van der Waals surface area contributed by atoms with E-state index in [4.69, 9.17) is 18.0 Å². The lowest BCUT2D eigenvalue weighted by Gasteiger charge is -2.24. The zero-order chi connectivity index (χ0) is 13.1. The van der Waals surface area contributed by atoms with Gasteiger partial charge in [-0.15, -0.1) is 0 Å². The van der Waals surface area contributed by atoms with Crippen LogP contribution in [-0.2, 0) is 0 Å². The molecule has 0 aromatic carbocycles. The molecule has 98 valence electrons. The fraction of sp³-hybridized carbons (Fsp3) is 0.538. The Morgan fingerprint density at radius 1 is 1.28 bits per heavy atom. The number of aromatic nitrogens is 1. The number of nitrogens with zero attached hydrogens (tertiary/aromatic N) is 3. The SMILES string of the molecule is Cc1ccc(C(N)=S)c(N2CCCN(C)CC2)n1. The van der Waals surface area contributed by atoms with Crippen molar-refractivity contribution in [2.45, 2.75) is 13.3 Å². The molecule has 0 spiro atoms. The van der Waals surface area contributed by atoms with Gasteiger partial charge in [-0.2, -0.15) is 0 Å². The predicted molar refractivity (Wildman–Crippen MR) is 79.2 cm³/mol. The van der Waals surface area contributed by atoms with Gasteiger partial charge in [-0.3, -0.25) is 0 Å². The molecule has 1 aliphatic heterocycles. The van der Waals surface area contributed by atoms with Crippen molar-refractivity contribution in [3.05, 3.63) is 23.4 Å². The van der Waals surface area contributed by atoms with Crippen LogP contribution >= 0.6 is 12.2 Å². The Kier molecular flexibility index (Phi) is 4.14. The third-order valence-electron chi connectivity index (χ3n) is 3.30. The molecule has 0 aliphatic carbocycles. The minimum atomic E-state index is 0.426. The lowest BCUT2D eigenvalue weighted by molar-refractivity contribution is 0.360. The molecular formula is C13H20N4S. The molecule has 5 heteroatoms. The first-order valence-electron chi connectivity index (χ1n) is 6.29. The quantitative estimate of drug-likeness (QED) is 0.812. The Bertz CT molecular complexity index is 447. The summed E-state index contributed by atoms with van der Waals surface area (Å²) in [6.07, 6.45) is 1.14. The smallest absolute Gasteiger partial charge is 0.139 e. The number of thiocarbonyl (C=S) groups is 1. The maximum absolute atomic E-state index is 5.79. The molecule has 2 heterocycles. The van der Waals surface area contributed by atoms with Gasteiger partial charge < -0.3 is 15.5 Å². The second-order valence-corrected chi connectivity index (χ2v) is 5.27. The van der Waals surface area contributed by atoms with Crippen LogP contribution in [0.25, 0.3) is 0 Å². The highest BCUT2D eigenvalue weighted by Gasteiger charge is 2.17. The highest BCUT2D eigenvalue weighted by Crippen LogP contribution is 2.20. The summed E-state index contributed by atoms with van der Waals surface area (Å²) in [7, 11) is 2.15. The van der Waals surface area contributed by atoms with Gasteiger partial charge in [0.05, 0.1) is 5.56 Å². The van der Waals surface area contributed by atoms with Gasteiger partial charge in [0, 0.05) is 25.3 Å². The van der Waals surface area contributed by atoms with Crippen LogP contribution in [0.5, 0.6) is 0 Å². The van der Waals surface area contributed by atoms with E-state index in [1.807, 2.05) is 19.1 Å². The van der Waals surface area contributed by atoms with E-state index in [0.717, 1.165) is 49.7 Å². The summed E-state index contributed by atoms with van der Waals surface area (Å²) >= 11 is 5.12. The molecule has 0 unspecified atom stereocenters. The number of aryl methyl sites for hydroxylation is 1. The van der Waals surface area contributed by atoms with Gasteiger partial charge in [0.1, 0.15) is 10.8 Å². The average Bonchev–Trinajstić information content (AvgIpc) is 2.53. The molecule has 0 bridgehead atoms. The van der Waals surface area contributed by atoms with E-state index >= 15 is 0 Å². The standard InChI is InChI=1S/C13H20N4S/c1-10-4-5-11(12(14)18)13(15-10)17-7-3-6-16(2)8-9-17/h4-5H,3,6-9H2,1-2H3,(H2,14,18). The van der Waals surface area contributed by atoms with E-state index in [0.29, 0.717) is 4.99 Å². The average molecular weight is 264 g/mol. The minimum absolute atomic E-state index is 0.426. The lowest BCUT2D eigenvalue weighted by Crippen LogP contribution is -2.31. The highest BCUT2D eigenvalue weighted by molar-refractivity contribution is 7.80. The number of hydrogen-bond acceptors (Lipinski definition) is 4. The molecule has 2 N–H and O–H groups in total. The van der Waals surface area contributed by atoms with Gasteiger partial charge >= 0.3 is 0 Å². The van der Waals surface area contributed by atoms with Gasteiger partial charge in [0.15, 0.2) is 0 Å². The number of anilines is 1. The maximum Gasteiger partial charge on any atom is 0.139 e. The van der Waals surface area contributed by atoms with Crippen molar-refractivity contribution in [1.29, 1.82) is 0 Å². The van der Waals surface area contributed by atoms with Gasteiger partial charge in [-0.25, -0.2) is 4.98 Å². The molecule has 0 atom stereocenters. The second-order valence-electron chi connectivity index (χ2n) is 4.83. The maximum atomic E-state index is 5.79. The summed E-state index contributed by atoms with van der Waals surface area (Å²) in [4.78, 5) is 9.69. The molecule has 4 nitrogen and oxygen atoms in total. The van der Waals surface area contributed by atoms with Crippen LogP contribution in [0.15, 0.2) is 12.1 Å². The number of pyridine rings is 1. The Morgan fingerprint density at radius 3 is 2.78 bits per heavy atom. The van der Waals surface area contributed by atoms with E-state index < -0.39 is 0 Å². The third kappa shape index (κ3) is 2.97. The van der Waals surface area contributed by atoms with E-state index in [-0.39, 0.29) is 0 Å². The summed E-state index contributed by atoms with van der Waals surface area (Å²) in [5.74, 6) is 0.942. The molecule has 0 amide bonds. The van der Waals surface area contributed by atoms with Crippen molar-refractivity contribution in [3.8, 4) is 0 Å². The summed E-state index contributed by atoms with van der Waals surface area (Å²) in [6.45, 7) is 6.16. The third-order valence-corrected chi connectivity index (χ3v) is 3.52. The summed E-state index contributed by atoms with van der Waals surface area (Å²) in [5, 5.41) is 0. The normalized spacial score (nSPS) is 17.6. The van der Waals surface area contributed by atoms with Gasteiger partial charge in [0.25, 0.3) is 0 Å². The Morgan fingerprint density at radius 2 is 2.06 bits per heavy atom. The van der Waals surface area contributed by atoms with E-state index in [2.05, 4.69) is 21.8 Å². The topological polar surface area (TPSA) is 45.4 Å². The van der Waals surface area contributed by atoms with Gasteiger partial charge in [-0.1, -0.05) is 12.2 Å². The monoisotopic (exact) mass is 264 g/mol. The number of nitrogens with two attached hydrogens (primary N) is 1. The van der Waals surface area contributed by atoms with Gasteiger partial charge in [-0.05, 0) is 39.1 Å². The van der Waals surface area contributed by atoms with Crippen molar-refractivity contribution in [2.75, 3.05) is 38.1 Å². The van der Waals surface area contributed by atoms with Crippen molar-refractivity contribution >= 4 is 23.0 Å². The fourth-order valence-corrected chi connectivity index (χ4v) is 2.39. The largest absolute Gasteiger partial charge is 0.389 e. The number of likely N-dealkylation sites (N-methyl/N-ethyl adjacent to an activating group) is 1. The zero-order valence-corrected chi connectivity index (χ0v) is 11.8. The molecular weight excluding hydrogens is 244 g/mol. The number of rotatable bonds is 2. The molecule has 1 aliphatic rings. The fourth-order valence-electron chi connectivity index (χ4n) is 2.23. The summed E-state index contributed by atoms with van der Waals surface area (Å²) in [6, 6.07) is 3.94. The first-order chi connectivity index (χ1) is 8.58. The first-order valence-corrected chi connectivity index (χ1v) is 6.69. The Labute approximate surface area is 114 Å². The molecule has 1 saturated heterocycles. The van der Waals surface area contributed by atoms with Crippen molar-refractivity contribution in [1.82, 2.24) is 9.88 Å². The molecule has 18 heavy (non-hydrogen) atoms. The highest BCUT2D eigenvalue weighted by atomic mass is 32.1. The molecule has 1 aromatic heterocycles. The van der Waals surface area contributed by atoms with E-state index in [1.165, 1.54) is 0 Å². The first kappa shape index (κ1) is 13.2. The van der Waals surface area contributed by atoms with Crippen LogP contribution in [0.4, 0.5) is 5.82 Å². The summed E-state index contributed by atoms with van der Waals surface area (Å²) < 4.78 is 0. The van der Waals surface area contributed by atoms with E-state index in [1.54, 1.807) is 0 Å². The Hall–Kier alpha value is -1.20. The van der Waals surface area contributed by atoms with Crippen LogP contribution in [0.2, 0.25) is 0 Å². The zero-order valence-electron chi connectivity index (χ0n) is 11.0. The van der Waals surface area contributed by atoms with Crippen LogP contribution in [-0.4, -0.2) is 48.1 Å². The van der Waals surface area contributed by atoms with Gasteiger partial charge in [0.2, 0.25) is 0 Å². The van der Waals surface area contributed by atoms with Crippen LogP contribution in [0, 0.1) is 6.92 Å². The summed E-state index contributed by atoms with van der Waals surface area (Å²) in [5.41, 5.74) is 7.68. The molecule has 2 rings (SSSR count). The van der Waals surface area contributed by atoms with Crippen LogP contribution in [0.1, 0.15) is 17.7 Å². The number of hydrogen-bond donors (Lipinski definition) is 1. The molecule has 0 saturated carbocycles. The molecule has 1 aromatic rings. The van der Waals surface area contributed by atoms with Crippen LogP contribution < -0.4 is 10.6 Å². The van der Waals surface area contributed by atoms with E-state index in [9.17, 15) is 0 Å². The van der Waals surface area contributed by atoms with Crippen molar-refractivity contribution in [2.24, 2.45) is 5.73 Å². The van der Waals surface area contributed by atoms with Crippen LogP contribution in [0.3, 0.4) is 0 Å². The Balaban J connectivity index is 2.30. The minimum Gasteiger partial charge on any atom is -0.389 e. The van der Waals surface area contributed by atoms with Crippen molar-refractivity contribution < 1.29 is 0 Å². The predicted octanol–water partition coefficient (Wildman–Crippen LogP) is 1.17. The molecule has 1 fully saturated rings. The lowest BCUT2D eigenvalue weighted by atomic mass is 10.2. The van der Waals surface area contributed by atoms with Crippen molar-refractivity contribution in [3.63, 3.8) is 0 Å². The molecule has 0 radical (unpaired) electrons.